The van der Waals surface area contributed by atoms with E-state index in [1.165, 1.54) is 0 Å². The highest BCUT2D eigenvalue weighted by Gasteiger charge is 2.54. The normalized spacial score (nSPS) is 23.1. The van der Waals surface area contributed by atoms with Crippen LogP contribution in [0.4, 0.5) is 0 Å². The van der Waals surface area contributed by atoms with E-state index in [-0.39, 0.29) is 18.8 Å². The summed E-state index contributed by atoms with van der Waals surface area (Å²) in [7, 11) is 2.01. The zero-order valence-electron chi connectivity index (χ0n) is 19.2. The number of nitrogens with zero attached hydrogens (tertiary/aromatic N) is 1. The molecule has 0 bridgehead atoms. The van der Waals surface area contributed by atoms with E-state index in [9.17, 15) is 5.11 Å². The van der Waals surface area contributed by atoms with Gasteiger partial charge in [0.15, 0.2) is 0 Å². The molecule has 0 unspecified atom stereocenters. The first-order chi connectivity index (χ1) is 16.2. The molecule has 1 aliphatic rings. The second-order valence-electron chi connectivity index (χ2n) is 8.67. The second kappa shape index (κ2) is 11.5. The van der Waals surface area contributed by atoms with Crippen LogP contribution in [0, 0.1) is 0 Å². The molecule has 33 heavy (non-hydrogen) atoms. The molecule has 0 spiro atoms. The summed E-state index contributed by atoms with van der Waals surface area (Å²) >= 11 is 0. The van der Waals surface area contributed by atoms with Gasteiger partial charge in [0.2, 0.25) is 0 Å². The van der Waals surface area contributed by atoms with Gasteiger partial charge in [0.25, 0.3) is 0 Å². The first-order valence-electron chi connectivity index (χ1n) is 11.5. The van der Waals surface area contributed by atoms with Crippen LogP contribution >= 0.6 is 0 Å². The highest BCUT2D eigenvalue weighted by atomic mass is 16.5. The molecule has 0 aromatic heterocycles. The van der Waals surface area contributed by atoms with E-state index in [1.807, 2.05) is 85.9 Å². The third-order valence-electron chi connectivity index (χ3n) is 6.40. The largest absolute Gasteiger partial charge is 0.394 e. The maximum absolute atomic E-state index is 10.6. The summed E-state index contributed by atoms with van der Waals surface area (Å²) in [6.45, 7) is 2.35. The lowest BCUT2D eigenvalue weighted by atomic mass is 9.93. The average molecular weight is 448 g/mol. The van der Waals surface area contributed by atoms with Crippen LogP contribution in [0.1, 0.15) is 16.7 Å². The molecule has 1 N–H and O–H groups in total. The van der Waals surface area contributed by atoms with E-state index >= 15 is 0 Å². The third-order valence-corrected chi connectivity index (χ3v) is 6.40. The van der Waals surface area contributed by atoms with Gasteiger partial charge in [-0.3, -0.25) is 4.90 Å². The summed E-state index contributed by atoms with van der Waals surface area (Å²) in [5.74, 6) is 0. The Morgan fingerprint density at radius 3 is 1.76 bits per heavy atom. The number of ether oxygens (including phenoxy) is 3. The van der Waals surface area contributed by atoms with E-state index in [2.05, 4.69) is 17.0 Å². The summed E-state index contributed by atoms with van der Waals surface area (Å²) in [6.07, 6.45) is -0.529. The zero-order chi connectivity index (χ0) is 22.9. The Balaban J connectivity index is 1.49. The van der Waals surface area contributed by atoms with Gasteiger partial charge in [0.05, 0.1) is 44.7 Å². The Morgan fingerprint density at radius 2 is 1.24 bits per heavy atom. The van der Waals surface area contributed by atoms with Crippen LogP contribution in [0.2, 0.25) is 0 Å². The molecule has 0 saturated carbocycles. The van der Waals surface area contributed by atoms with Crippen LogP contribution in [0.15, 0.2) is 91.0 Å². The highest BCUT2D eigenvalue weighted by Crippen LogP contribution is 2.34. The fraction of sp³-hybridized carbons (Fsp3) is 0.357. The molecular weight excluding hydrogens is 414 g/mol. The molecule has 1 fully saturated rings. The van der Waals surface area contributed by atoms with Crippen LogP contribution in [0.3, 0.4) is 0 Å². The Bertz CT molecular complexity index is 953. The molecule has 1 heterocycles. The number of aliphatic hydroxyl groups is 1. The minimum absolute atomic E-state index is 0.0804. The molecule has 1 saturated heterocycles. The Labute approximate surface area is 196 Å². The van der Waals surface area contributed by atoms with Crippen LogP contribution < -0.4 is 0 Å². The monoisotopic (exact) mass is 447 g/mol. The first kappa shape index (κ1) is 23.6. The number of aliphatic hydroxyl groups excluding tert-OH is 1. The molecule has 3 aromatic carbocycles. The summed E-state index contributed by atoms with van der Waals surface area (Å²) in [4.78, 5) is 2.13. The van der Waals surface area contributed by atoms with Gasteiger partial charge in [0, 0.05) is 6.54 Å². The molecule has 0 aliphatic carbocycles. The van der Waals surface area contributed by atoms with E-state index < -0.39 is 5.54 Å². The molecule has 0 amide bonds. The molecule has 0 radical (unpaired) electrons. The van der Waals surface area contributed by atoms with Crippen molar-refractivity contribution in [1.29, 1.82) is 0 Å². The quantitative estimate of drug-likeness (QED) is 0.481. The van der Waals surface area contributed by atoms with Crippen molar-refractivity contribution < 1.29 is 19.3 Å². The number of rotatable bonds is 11. The third kappa shape index (κ3) is 5.88. The number of likely N-dealkylation sites (tertiary alicyclic amines) is 1. The lowest BCUT2D eigenvalue weighted by Gasteiger charge is -2.39. The standard InChI is InChI=1S/C28H33NO4/c1-29-17-26(32-19-24-13-7-3-8-14-24)27(33-20-25-15-9-4-10-16-25)28(29,21-30)22-31-18-23-11-5-2-6-12-23/h2-16,26-27,30H,17-22H2,1H3/t26-,27+,28+/m1/s1. The van der Waals surface area contributed by atoms with Crippen LogP contribution in [-0.4, -0.2) is 54.6 Å². The van der Waals surface area contributed by atoms with E-state index in [1.54, 1.807) is 0 Å². The summed E-state index contributed by atoms with van der Waals surface area (Å²) < 4.78 is 18.9. The lowest BCUT2D eigenvalue weighted by molar-refractivity contribution is -0.126. The van der Waals surface area contributed by atoms with Crippen LogP contribution in [0.5, 0.6) is 0 Å². The minimum atomic E-state index is -0.690. The van der Waals surface area contributed by atoms with Crippen molar-refractivity contribution in [2.75, 3.05) is 26.8 Å². The van der Waals surface area contributed by atoms with Crippen LogP contribution in [-0.2, 0) is 34.0 Å². The predicted octanol–water partition coefficient (Wildman–Crippen LogP) is 4.05. The lowest BCUT2D eigenvalue weighted by Crippen LogP contribution is -2.57. The maximum atomic E-state index is 10.6. The van der Waals surface area contributed by atoms with E-state index in [0.717, 1.165) is 16.7 Å². The van der Waals surface area contributed by atoms with Crippen molar-refractivity contribution in [2.24, 2.45) is 0 Å². The average Bonchev–Trinajstić information content (AvgIpc) is 3.14. The number of hydrogen-bond donors (Lipinski definition) is 1. The van der Waals surface area contributed by atoms with Crippen molar-refractivity contribution in [2.45, 2.75) is 37.6 Å². The summed E-state index contributed by atoms with van der Waals surface area (Å²) in [6, 6.07) is 30.3. The van der Waals surface area contributed by atoms with E-state index in [0.29, 0.717) is 33.0 Å². The molecule has 1 aliphatic heterocycles. The molecule has 4 rings (SSSR count). The Hall–Kier alpha value is -2.54. The topological polar surface area (TPSA) is 51.2 Å². The van der Waals surface area contributed by atoms with Gasteiger partial charge in [-0.05, 0) is 23.7 Å². The fourth-order valence-corrected chi connectivity index (χ4v) is 4.42. The van der Waals surface area contributed by atoms with Crippen molar-refractivity contribution in [1.82, 2.24) is 4.90 Å². The molecule has 3 atom stereocenters. The smallest absolute Gasteiger partial charge is 0.108 e. The highest BCUT2D eigenvalue weighted by molar-refractivity contribution is 5.16. The van der Waals surface area contributed by atoms with Gasteiger partial charge in [0.1, 0.15) is 6.10 Å². The van der Waals surface area contributed by atoms with Crippen molar-refractivity contribution in [3.05, 3.63) is 108 Å². The molecule has 3 aromatic rings. The minimum Gasteiger partial charge on any atom is -0.394 e. The molecular formula is C28H33NO4. The summed E-state index contributed by atoms with van der Waals surface area (Å²) in [5.41, 5.74) is 2.62. The van der Waals surface area contributed by atoms with Crippen LogP contribution in [0.25, 0.3) is 0 Å². The Kier molecular flexibility index (Phi) is 8.26. The number of likely N-dealkylation sites (N-methyl/N-ethyl adjacent to an activating group) is 1. The first-order valence-corrected chi connectivity index (χ1v) is 11.5. The van der Waals surface area contributed by atoms with Crippen molar-refractivity contribution in [3.63, 3.8) is 0 Å². The Morgan fingerprint density at radius 1 is 0.758 bits per heavy atom. The number of hydrogen-bond acceptors (Lipinski definition) is 5. The second-order valence-corrected chi connectivity index (χ2v) is 8.67. The van der Waals surface area contributed by atoms with Gasteiger partial charge >= 0.3 is 0 Å². The van der Waals surface area contributed by atoms with E-state index in [4.69, 9.17) is 14.2 Å². The maximum Gasteiger partial charge on any atom is 0.108 e. The van der Waals surface area contributed by atoms with Gasteiger partial charge in [-0.15, -0.1) is 0 Å². The molecule has 174 valence electrons. The molecule has 5 nitrogen and oxygen atoms in total. The van der Waals surface area contributed by atoms with Gasteiger partial charge in [-0.2, -0.15) is 0 Å². The fourth-order valence-electron chi connectivity index (χ4n) is 4.42. The summed E-state index contributed by atoms with van der Waals surface area (Å²) in [5, 5.41) is 10.6. The zero-order valence-corrected chi connectivity index (χ0v) is 19.2. The van der Waals surface area contributed by atoms with Gasteiger partial charge in [-0.1, -0.05) is 91.0 Å². The predicted molar refractivity (Wildman–Crippen MR) is 129 cm³/mol. The number of benzene rings is 3. The molecule has 5 heteroatoms. The van der Waals surface area contributed by atoms with Crippen molar-refractivity contribution >= 4 is 0 Å². The SMILES string of the molecule is CN1C[C@@H](OCc2ccccc2)[C@H](OCc2ccccc2)[C@]1(CO)COCc1ccccc1. The van der Waals surface area contributed by atoms with Gasteiger partial charge < -0.3 is 19.3 Å². The van der Waals surface area contributed by atoms with Gasteiger partial charge in [-0.25, -0.2) is 0 Å². The van der Waals surface area contributed by atoms with Crippen molar-refractivity contribution in [3.8, 4) is 0 Å².